The van der Waals surface area contributed by atoms with E-state index in [1.54, 1.807) is 0 Å². The minimum absolute atomic E-state index is 0.0359. The summed E-state index contributed by atoms with van der Waals surface area (Å²) >= 11 is 0. The van der Waals surface area contributed by atoms with Crippen molar-refractivity contribution in [1.29, 1.82) is 0 Å². The molecule has 0 radical (unpaired) electrons. The summed E-state index contributed by atoms with van der Waals surface area (Å²) in [6.07, 6.45) is -5.43. The molecule has 9 N–H and O–H groups in total. The van der Waals surface area contributed by atoms with Crippen LogP contribution in [0.25, 0.3) is 0 Å². The van der Waals surface area contributed by atoms with Crippen LogP contribution in [0.1, 0.15) is 136 Å². The summed E-state index contributed by atoms with van der Waals surface area (Å²) < 4.78 is 16.0. The minimum Gasteiger partial charge on any atom is -0.463 e. The molecule has 51 heavy (non-hydrogen) atoms. The largest absolute Gasteiger partial charge is 0.463 e. The van der Waals surface area contributed by atoms with Crippen molar-refractivity contribution in [2.75, 3.05) is 13.2 Å². The molecule has 0 unspecified atom stereocenters. The van der Waals surface area contributed by atoms with Crippen molar-refractivity contribution in [2.24, 2.45) is 0 Å². The molecule has 0 heterocycles. The van der Waals surface area contributed by atoms with Crippen molar-refractivity contribution in [3.05, 3.63) is 0 Å². The maximum atomic E-state index is 12.8. The second kappa shape index (κ2) is 29.5. The number of ether oxygens (including phenoxy) is 3. The molecule has 302 valence electrons. The lowest BCUT2D eigenvalue weighted by Gasteiger charge is -2.25. The molecular weight excluding hydrogens is 672 g/mol. The lowest BCUT2D eigenvalue weighted by atomic mass is 10.0. The summed E-state index contributed by atoms with van der Waals surface area (Å²) in [5, 5.41) is 89.5. The van der Waals surface area contributed by atoms with Crippen LogP contribution in [0, 0.1) is 0 Å². The number of hydrogen-bond acceptors (Lipinski definition) is 15. The van der Waals surface area contributed by atoms with Crippen molar-refractivity contribution in [2.45, 2.75) is 197 Å². The van der Waals surface area contributed by atoms with E-state index in [0.717, 1.165) is 51.4 Å². The van der Waals surface area contributed by atoms with E-state index >= 15 is 0 Å². The standard InChI is InChI=1S/C36H68O15/c1-4-7-10-13-24(38)16-25(39)20-33(45)50-29(15-12-9-6-3)18-27(41)21-34(46)51-28(14-11-8-5-2)17-26(40)19-32(44)49-23-31(43)36(48)35(47)30(42)22-37/h24-31,35-43,47-48H,4-23H2,1-3H3/t24-,25-,26-,27-,28-,29-,30+,31-,35+,36-/m0/s1. The van der Waals surface area contributed by atoms with Gasteiger partial charge in [-0.3, -0.25) is 14.4 Å². The first-order valence-electron chi connectivity index (χ1n) is 18.8. The van der Waals surface area contributed by atoms with E-state index in [2.05, 4.69) is 0 Å². The van der Waals surface area contributed by atoms with E-state index in [1.165, 1.54) is 0 Å². The number of rotatable bonds is 32. The summed E-state index contributed by atoms with van der Waals surface area (Å²) in [7, 11) is 0. The Kier molecular flexibility index (Phi) is 28.4. The van der Waals surface area contributed by atoms with Gasteiger partial charge in [0.2, 0.25) is 0 Å². The third-order valence-corrected chi connectivity index (χ3v) is 8.56. The van der Waals surface area contributed by atoms with Crippen LogP contribution in [-0.4, -0.2) is 138 Å². The van der Waals surface area contributed by atoms with Gasteiger partial charge in [0.1, 0.15) is 43.2 Å². The highest BCUT2D eigenvalue weighted by molar-refractivity contribution is 5.71. The van der Waals surface area contributed by atoms with Crippen molar-refractivity contribution < 1.29 is 74.6 Å². The van der Waals surface area contributed by atoms with Gasteiger partial charge in [-0.2, -0.15) is 0 Å². The quantitative estimate of drug-likeness (QED) is 0.0268. The molecule has 0 aliphatic carbocycles. The number of carbonyl (C=O) groups excluding carboxylic acids is 3. The Hall–Kier alpha value is -1.95. The van der Waals surface area contributed by atoms with E-state index in [4.69, 9.17) is 19.3 Å². The molecule has 0 fully saturated rings. The van der Waals surface area contributed by atoms with Gasteiger partial charge in [0.15, 0.2) is 0 Å². The maximum Gasteiger partial charge on any atom is 0.308 e. The number of aliphatic hydroxyl groups is 9. The van der Waals surface area contributed by atoms with E-state index in [9.17, 15) is 55.2 Å². The predicted molar refractivity (Wildman–Crippen MR) is 186 cm³/mol. The average molecular weight is 741 g/mol. The first-order chi connectivity index (χ1) is 24.2. The molecule has 0 aliphatic rings. The zero-order chi connectivity index (χ0) is 38.8. The van der Waals surface area contributed by atoms with Crippen molar-refractivity contribution in [1.82, 2.24) is 0 Å². The van der Waals surface area contributed by atoms with Crippen LogP contribution in [0.5, 0.6) is 0 Å². The number of hydrogen-bond donors (Lipinski definition) is 9. The molecule has 0 aliphatic heterocycles. The Balaban J connectivity index is 5.08. The Morgan fingerprint density at radius 1 is 0.490 bits per heavy atom. The van der Waals surface area contributed by atoms with Gasteiger partial charge in [-0.05, 0) is 38.5 Å². The van der Waals surface area contributed by atoms with E-state index in [1.807, 2.05) is 20.8 Å². The molecule has 0 bridgehead atoms. The summed E-state index contributed by atoms with van der Waals surface area (Å²) in [6, 6.07) is 0. The van der Waals surface area contributed by atoms with Crippen LogP contribution in [0.15, 0.2) is 0 Å². The Labute approximate surface area is 302 Å². The molecule has 15 heteroatoms. The first kappa shape index (κ1) is 49.0. The Bertz CT molecular complexity index is 906. The normalized spacial score (nSPS) is 17.6. The summed E-state index contributed by atoms with van der Waals surface area (Å²) in [5.74, 6) is -2.35. The molecule has 0 aromatic rings. The molecule has 0 amide bonds. The van der Waals surface area contributed by atoms with Gasteiger partial charge in [0, 0.05) is 12.8 Å². The fourth-order valence-corrected chi connectivity index (χ4v) is 5.56. The van der Waals surface area contributed by atoms with Gasteiger partial charge in [0.25, 0.3) is 0 Å². The molecule has 0 saturated heterocycles. The fourth-order valence-electron chi connectivity index (χ4n) is 5.56. The average Bonchev–Trinajstić information content (AvgIpc) is 3.05. The molecule has 0 rings (SSSR count). The zero-order valence-electron chi connectivity index (χ0n) is 30.9. The molecule has 10 atom stereocenters. The van der Waals surface area contributed by atoms with E-state index < -0.39 is 105 Å². The number of unbranched alkanes of at least 4 members (excludes halogenated alkanes) is 6. The van der Waals surface area contributed by atoms with Gasteiger partial charge in [-0.25, -0.2) is 0 Å². The van der Waals surface area contributed by atoms with Crippen LogP contribution in [-0.2, 0) is 28.6 Å². The summed E-state index contributed by atoms with van der Waals surface area (Å²) in [5.41, 5.74) is 0. The number of aliphatic hydroxyl groups excluding tert-OH is 9. The molecular formula is C36H68O15. The third kappa shape index (κ3) is 24.8. The van der Waals surface area contributed by atoms with Crippen LogP contribution in [0.4, 0.5) is 0 Å². The van der Waals surface area contributed by atoms with Crippen LogP contribution in [0.2, 0.25) is 0 Å². The van der Waals surface area contributed by atoms with Crippen LogP contribution >= 0.6 is 0 Å². The highest BCUT2D eigenvalue weighted by atomic mass is 16.6. The SMILES string of the molecule is CCCCC[C@H](O)C[C@H](O)CC(=O)O[C@@H](CCCCC)C[C@H](O)CC(=O)O[C@@H](CCCCC)C[C@H](O)CC(=O)OC[C@H](O)[C@H](O)[C@H](O)[C@H](O)CO. The second-order valence-corrected chi connectivity index (χ2v) is 13.6. The van der Waals surface area contributed by atoms with Crippen molar-refractivity contribution >= 4 is 17.9 Å². The second-order valence-electron chi connectivity index (χ2n) is 13.6. The smallest absolute Gasteiger partial charge is 0.308 e. The van der Waals surface area contributed by atoms with Crippen LogP contribution < -0.4 is 0 Å². The lowest BCUT2D eigenvalue weighted by molar-refractivity contribution is -0.159. The van der Waals surface area contributed by atoms with Crippen molar-refractivity contribution in [3.63, 3.8) is 0 Å². The lowest BCUT2D eigenvalue weighted by Crippen LogP contribution is -2.47. The number of carbonyl (C=O) groups is 3. The highest BCUT2D eigenvalue weighted by Crippen LogP contribution is 2.20. The Morgan fingerprint density at radius 3 is 1.31 bits per heavy atom. The van der Waals surface area contributed by atoms with Gasteiger partial charge in [0.05, 0.1) is 50.3 Å². The molecule has 15 nitrogen and oxygen atoms in total. The zero-order valence-corrected chi connectivity index (χ0v) is 30.9. The molecule has 0 saturated carbocycles. The van der Waals surface area contributed by atoms with Gasteiger partial charge >= 0.3 is 17.9 Å². The maximum absolute atomic E-state index is 12.8. The van der Waals surface area contributed by atoms with E-state index in [0.29, 0.717) is 25.7 Å². The molecule has 0 aromatic heterocycles. The summed E-state index contributed by atoms with van der Waals surface area (Å²) in [6.45, 7) is 4.43. The topological polar surface area (TPSA) is 261 Å². The molecule has 0 spiro atoms. The van der Waals surface area contributed by atoms with Gasteiger partial charge < -0.3 is 60.2 Å². The predicted octanol–water partition coefficient (Wildman–Crippen LogP) is 1.31. The van der Waals surface area contributed by atoms with E-state index in [-0.39, 0.29) is 25.7 Å². The monoisotopic (exact) mass is 740 g/mol. The fraction of sp³-hybridized carbons (Fsp3) is 0.917. The summed E-state index contributed by atoms with van der Waals surface area (Å²) in [4.78, 5) is 37.7. The van der Waals surface area contributed by atoms with Crippen molar-refractivity contribution in [3.8, 4) is 0 Å². The third-order valence-electron chi connectivity index (χ3n) is 8.56. The van der Waals surface area contributed by atoms with Gasteiger partial charge in [-0.15, -0.1) is 0 Å². The number of esters is 3. The van der Waals surface area contributed by atoms with Gasteiger partial charge in [-0.1, -0.05) is 65.7 Å². The molecule has 0 aromatic carbocycles. The Morgan fingerprint density at radius 2 is 0.882 bits per heavy atom. The first-order valence-corrected chi connectivity index (χ1v) is 18.8. The highest BCUT2D eigenvalue weighted by Gasteiger charge is 2.31. The minimum atomic E-state index is -1.92. The van der Waals surface area contributed by atoms with Crippen LogP contribution in [0.3, 0.4) is 0 Å².